The molecule has 0 saturated carbocycles. The summed E-state index contributed by atoms with van der Waals surface area (Å²) in [6.45, 7) is 0.244. The van der Waals surface area contributed by atoms with Crippen molar-refractivity contribution in [3.8, 4) is 11.6 Å². The van der Waals surface area contributed by atoms with Crippen LogP contribution in [0.3, 0.4) is 0 Å². The van der Waals surface area contributed by atoms with Crippen LogP contribution < -0.4 is 9.46 Å². The van der Waals surface area contributed by atoms with Crippen molar-refractivity contribution >= 4 is 43.5 Å². The zero-order chi connectivity index (χ0) is 23.6. The molecule has 0 spiro atoms. The molecule has 0 fully saturated rings. The molecule has 2 heterocycles. The Balaban J connectivity index is 1.52. The molecule has 4 rings (SSSR count). The van der Waals surface area contributed by atoms with Crippen LogP contribution in [0, 0.1) is 0 Å². The van der Waals surface area contributed by atoms with Gasteiger partial charge in [-0.25, -0.2) is 18.1 Å². The molecule has 33 heavy (non-hydrogen) atoms. The number of ether oxygens (including phenoxy) is 1. The predicted octanol–water partition coefficient (Wildman–Crippen LogP) is 4.32. The van der Waals surface area contributed by atoms with Crippen molar-refractivity contribution in [3.05, 3.63) is 63.5 Å². The standard InChI is InChI=1S/C21H20BrClN4O5S/c22-15-10-13(11-24-21(15)32-19-7-2-1-4-16(19)23)33(30,31)26-17-5-3-6-18-14(17)12-25-27(18)9-8-20(28)29/h1-2,4,7,10-12,17,26H,3,5-6,8-9H2,(H,28,29). The highest BCUT2D eigenvalue weighted by atomic mass is 79.9. The minimum absolute atomic E-state index is 0.0220. The fourth-order valence-corrected chi connectivity index (χ4v) is 5.63. The number of para-hydroxylation sites is 1. The fourth-order valence-electron chi connectivity index (χ4n) is 3.65. The van der Waals surface area contributed by atoms with Crippen LogP contribution in [0.5, 0.6) is 11.6 Å². The molecule has 9 nitrogen and oxygen atoms in total. The SMILES string of the molecule is O=C(O)CCn1ncc2c1CCCC2NS(=O)(=O)c1cnc(Oc2ccccc2Cl)c(Br)c1. The van der Waals surface area contributed by atoms with E-state index in [4.69, 9.17) is 21.4 Å². The van der Waals surface area contributed by atoms with E-state index in [1.807, 2.05) is 0 Å². The number of fused-ring (bicyclic) bond motifs is 1. The van der Waals surface area contributed by atoms with Crippen LogP contribution in [-0.2, 0) is 27.8 Å². The van der Waals surface area contributed by atoms with Crippen molar-refractivity contribution in [2.45, 2.75) is 43.2 Å². The molecule has 12 heteroatoms. The summed E-state index contributed by atoms with van der Waals surface area (Å²) in [5, 5.41) is 13.6. The summed E-state index contributed by atoms with van der Waals surface area (Å²) in [5.74, 6) is -0.329. The molecule has 0 bridgehead atoms. The first-order valence-corrected chi connectivity index (χ1v) is 12.8. The number of pyridine rings is 1. The Bertz CT molecular complexity index is 1300. The third-order valence-electron chi connectivity index (χ3n) is 5.23. The molecule has 1 aliphatic rings. The first kappa shape index (κ1) is 23.7. The van der Waals surface area contributed by atoms with Crippen LogP contribution in [-0.4, -0.2) is 34.3 Å². The van der Waals surface area contributed by atoms with E-state index in [0.29, 0.717) is 28.1 Å². The Morgan fingerprint density at radius 2 is 2.12 bits per heavy atom. The van der Waals surface area contributed by atoms with Gasteiger partial charge in [-0.05, 0) is 53.4 Å². The first-order valence-electron chi connectivity index (χ1n) is 10.1. The van der Waals surface area contributed by atoms with Crippen molar-refractivity contribution in [3.63, 3.8) is 0 Å². The monoisotopic (exact) mass is 554 g/mol. The van der Waals surface area contributed by atoms with Crippen LogP contribution in [0.15, 0.2) is 52.1 Å². The topological polar surface area (TPSA) is 123 Å². The second-order valence-electron chi connectivity index (χ2n) is 7.47. The van der Waals surface area contributed by atoms with Gasteiger partial charge in [-0.1, -0.05) is 23.7 Å². The number of hydrogen-bond donors (Lipinski definition) is 2. The molecule has 1 atom stereocenters. The molecule has 0 saturated heterocycles. The van der Waals surface area contributed by atoms with Crippen LogP contribution in [0.1, 0.15) is 36.6 Å². The summed E-state index contributed by atoms with van der Waals surface area (Å²) in [5.41, 5.74) is 1.62. The summed E-state index contributed by atoms with van der Waals surface area (Å²) < 4.78 is 36.6. The van der Waals surface area contributed by atoms with Crippen molar-refractivity contribution in [1.29, 1.82) is 0 Å². The van der Waals surface area contributed by atoms with Gasteiger partial charge in [-0.2, -0.15) is 5.10 Å². The van der Waals surface area contributed by atoms with E-state index in [0.717, 1.165) is 17.7 Å². The zero-order valence-corrected chi connectivity index (χ0v) is 20.4. The van der Waals surface area contributed by atoms with Gasteiger partial charge in [0, 0.05) is 11.3 Å². The molecule has 0 aliphatic heterocycles. The van der Waals surface area contributed by atoms with Gasteiger partial charge in [-0.15, -0.1) is 0 Å². The average molecular weight is 556 g/mol. The molecule has 174 valence electrons. The maximum atomic E-state index is 13.1. The van der Waals surface area contributed by atoms with Gasteiger partial charge in [0.2, 0.25) is 15.9 Å². The van der Waals surface area contributed by atoms with Crippen molar-refractivity contribution in [1.82, 2.24) is 19.5 Å². The lowest BCUT2D eigenvalue weighted by Gasteiger charge is -2.24. The highest BCUT2D eigenvalue weighted by Gasteiger charge is 2.29. The predicted molar refractivity (Wildman–Crippen MR) is 124 cm³/mol. The van der Waals surface area contributed by atoms with E-state index in [9.17, 15) is 13.2 Å². The van der Waals surface area contributed by atoms with Gasteiger partial charge >= 0.3 is 5.97 Å². The molecule has 1 aliphatic carbocycles. The highest BCUT2D eigenvalue weighted by Crippen LogP contribution is 2.34. The van der Waals surface area contributed by atoms with Gasteiger partial charge in [-0.3, -0.25) is 9.48 Å². The molecular weight excluding hydrogens is 536 g/mol. The molecule has 0 radical (unpaired) electrons. The largest absolute Gasteiger partial charge is 0.481 e. The minimum atomic E-state index is -3.89. The Hall–Kier alpha value is -2.47. The minimum Gasteiger partial charge on any atom is -0.481 e. The Morgan fingerprint density at radius 1 is 1.33 bits per heavy atom. The average Bonchev–Trinajstić information content (AvgIpc) is 3.19. The number of benzene rings is 1. The van der Waals surface area contributed by atoms with Gasteiger partial charge in [0.1, 0.15) is 10.6 Å². The lowest BCUT2D eigenvalue weighted by atomic mass is 9.94. The number of aliphatic carboxylic acids is 1. The fraction of sp³-hybridized carbons (Fsp3) is 0.286. The molecule has 3 aromatic rings. The van der Waals surface area contributed by atoms with Gasteiger partial charge in [0.15, 0.2) is 0 Å². The van der Waals surface area contributed by atoms with Crippen LogP contribution >= 0.6 is 27.5 Å². The molecule has 0 amide bonds. The summed E-state index contributed by atoms with van der Waals surface area (Å²) in [7, 11) is -3.89. The van der Waals surface area contributed by atoms with Gasteiger partial charge < -0.3 is 9.84 Å². The van der Waals surface area contributed by atoms with E-state index in [1.54, 1.807) is 35.1 Å². The van der Waals surface area contributed by atoms with Crippen molar-refractivity contribution < 1.29 is 23.1 Å². The molecule has 2 aromatic heterocycles. The number of aromatic nitrogens is 3. The van der Waals surface area contributed by atoms with Gasteiger partial charge in [0.05, 0.1) is 40.9 Å². The molecule has 1 unspecified atom stereocenters. The third-order valence-corrected chi connectivity index (χ3v) is 7.55. The second kappa shape index (κ2) is 9.80. The summed E-state index contributed by atoms with van der Waals surface area (Å²) in [6.07, 6.45) is 4.86. The van der Waals surface area contributed by atoms with E-state index in [-0.39, 0.29) is 23.7 Å². The van der Waals surface area contributed by atoms with Crippen LogP contribution in [0.25, 0.3) is 0 Å². The van der Waals surface area contributed by atoms with Gasteiger partial charge in [0.25, 0.3) is 0 Å². The van der Waals surface area contributed by atoms with E-state index < -0.39 is 22.0 Å². The molecular formula is C21H20BrClN4O5S. The number of nitrogens with one attached hydrogen (secondary N) is 1. The Morgan fingerprint density at radius 3 is 2.85 bits per heavy atom. The third kappa shape index (κ3) is 5.37. The summed E-state index contributed by atoms with van der Waals surface area (Å²) >= 11 is 9.43. The van der Waals surface area contributed by atoms with E-state index >= 15 is 0 Å². The number of nitrogens with zero attached hydrogens (tertiary/aromatic N) is 3. The van der Waals surface area contributed by atoms with E-state index in [1.165, 1.54) is 12.3 Å². The lowest BCUT2D eigenvalue weighted by molar-refractivity contribution is -0.137. The second-order valence-corrected chi connectivity index (χ2v) is 10.4. The highest BCUT2D eigenvalue weighted by molar-refractivity contribution is 9.10. The van der Waals surface area contributed by atoms with Crippen LogP contribution in [0.4, 0.5) is 0 Å². The number of hydrogen-bond acceptors (Lipinski definition) is 6. The van der Waals surface area contributed by atoms with Crippen molar-refractivity contribution in [2.75, 3.05) is 0 Å². The number of aryl methyl sites for hydroxylation is 1. The summed E-state index contributed by atoms with van der Waals surface area (Å²) in [4.78, 5) is 15.0. The zero-order valence-electron chi connectivity index (χ0n) is 17.2. The Labute approximate surface area is 203 Å². The number of carboxylic acid groups (broad SMARTS) is 1. The smallest absolute Gasteiger partial charge is 0.305 e. The maximum Gasteiger partial charge on any atom is 0.305 e. The first-order chi connectivity index (χ1) is 15.7. The summed E-state index contributed by atoms with van der Waals surface area (Å²) in [6, 6.07) is 7.85. The van der Waals surface area contributed by atoms with E-state index in [2.05, 4.69) is 30.7 Å². The maximum absolute atomic E-state index is 13.1. The quantitative estimate of drug-likeness (QED) is 0.424. The molecule has 2 N–H and O–H groups in total. The number of rotatable bonds is 8. The number of carboxylic acids is 1. The number of carbonyl (C=O) groups is 1. The lowest BCUT2D eigenvalue weighted by Crippen LogP contribution is -2.31. The van der Waals surface area contributed by atoms with Crippen LogP contribution in [0.2, 0.25) is 5.02 Å². The number of sulfonamides is 1. The number of halogens is 2. The Kier molecular flexibility index (Phi) is 7.03. The van der Waals surface area contributed by atoms with Crippen molar-refractivity contribution in [2.24, 2.45) is 0 Å². The molecule has 1 aromatic carbocycles. The normalized spacial score (nSPS) is 15.8.